The van der Waals surface area contributed by atoms with Crippen LogP contribution in [0.15, 0.2) is 18.2 Å². The second kappa shape index (κ2) is 7.09. The summed E-state index contributed by atoms with van der Waals surface area (Å²) in [5.74, 6) is 0. The van der Waals surface area contributed by atoms with E-state index in [0.29, 0.717) is 17.3 Å². The number of hydrogen-bond donors (Lipinski definition) is 2. The van der Waals surface area contributed by atoms with Crippen LogP contribution in [0.5, 0.6) is 0 Å². The zero-order valence-corrected chi connectivity index (χ0v) is 13.0. The fourth-order valence-corrected chi connectivity index (χ4v) is 2.73. The van der Waals surface area contributed by atoms with Gasteiger partial charge in [-0.25, -0.2) is 0 Å². The standard InChI is InChI=1S/C12H20ClN3O2S/c1-10-5-6-11(13)12(9-10)15-19(17,18)16(3)8-4-7-14-2/h5-6,9,14-15H,4,7-8H2,1-3H3. The molecule has 0 aliphatic heterocycles. The van der Waals surface area contributed by atoms with Crippen LogP contribution in [-0.4, -0.2) is 39.9 Å². The first kappa shape index (κ1) is 16.2. The van der Waals surface area contributed by atoms with Crippen molar-refractivity contribution in [3.05, 3.63) is 28.8 Å². The molecule has 0 atom stereocenters. The van der Waals surface area contributed by atoms with Crippen molar-refractivity contribution in [2.75, 3.05) is 31.9 Å². The van der Waals surface area contributed by atoms with E-state index in [4.69, 9.17) is 11.6 Å². The molecule has 0 saturated carbocycles. The highest BCUT2D eigenvalue weighted by Gasteiger charge is 2.18. The number of hydrogen-bond acceptors (Lipinski definition) is 3. The summed E-state index contributed by atoms with van der Waals surface area (Å²) in [6.07, 6.45) is 0.745. The molecule has 19 heavy (non-hydrogen) atoms. The Morgan fingerprint density at radius 1 is 1.37 bits per heavy atom. The molecule has 0 saturated heterocycles. The predicted molar refractivity (Wildman–Crippen MR) is 79.9 cm³/mol. The summed E-state index contributed by atoms with van der Waals surface area (Å²) in [7, 11) is -0.186. The highest BCUT2D eigenvalue weighted by Crippen LogP contribution is 2.24. The average Bonchev–Trinajstić information content (AvgIpc) is 2.33. The lowest BCUT2D eigenvalue weighted by Crippen LogP contribution is -2.34. The molecule has 0 radical (unpaired) electrons. The number of nitrogens with one attached hydrogen (secondary N) is 2. The summed E-state index contributed by atoms with van der Waals surface area (Å²) in [6, 6.07) is 5.22. The number of anilines is 1. The Bertz CT molecular complexity index is 520. The molecule has 7 heteroatoms. The molecule has 0 unspecified atom stereocenters. The predicted octanol–water partition coefficient (Wildman–Crippen LogP) is 1.85. The molecule has 108 valence electrons. The van der Waals surface area contributed by atoms with Gasteiger partial charge in [-0.1, -0.05) is 17.7 Å². The van der Waals surface area contributed by atoms with E-state index in [1.165, 1.54) is 4.31 Å². The number of aryl methyl sites for hydroxylation is 1. The van der Waals surface area contributed by atoms with Crippen LogP contribution in [0.1, 0.15) is 12.0 Å². The van der Waals surface area contributed by atoms with Gasteiger partial charge in [0.15, 0.2) is 0 Å². The van der Waals surface area contributed by atoms with Gasteiger partial charge < -0.3 is 5.32 Å². The topological polar surface area (TPSA) is 61.4 Å². The molecule has 0 heterocycles. The summed E-state index contributed by atoms with van der Waals surface area (Å²) < 4.78 is 28.0. The molecule has 0 bridgehead atoms. The van der Waals surface area contributed by atoms with Gasteiger partial charge in [0, 0.05) is 13.6 Å². The normalized spacial score (nSPS) is 11.8. The molecule has 2 N–H and O–H groups in total. The number of halogens is 1. The molecular formula is C12H20ClN3O2S. The zero-order chi connectivity index (χ0) is 14.5. The second-order valence-corrected chi connectivity index (χ2v) is 6.55. The van der Waals surface area contributed by atoms with Crippen LogP contribution >= 0.6 is 11.6 Å². The Balaban J connectivity index is 2.75. The first-order chi connectivity index (χ1) is 8.86. The summed E-state index contributed by atoms with van der Waals surface area (Å²) in [4.78, 5) is 0. The van der Waals surface area contributed by atoms with E-state index >= 15 is 0 Å². The van der Waals surface area contributed by atoms with Crippen LogP contribution in [0.25, 0.3) is 0 Å². The third-order valence-corrected chi connectivity index (χ3v) is 4.48. The smallest absolute Gasteiger partial charge is 0.301 e. The minimum Gasteiger partial charge on any atom is -0.320 e. The molecule has 0 aliphatic rings. The maximum Gasteiger partial charge on any atom is 0.301 e. The van der Waals surface area contributed by atoms with Crippen molar-refractivity contribution in [2.45, 2.75) is 13.3 Å². The molecular weight excluding hydrogens is 286 g/mol. The highest BCUT2D eigenvalue weighted by molar-refractivity contribution is 7.90. The quantitative estimate of drug-likeness (QED) is 0.756. The van der Waals surface area contributed by atoms with Crippen molar-refractivity contribution in [2.24, 2.45) is 0 Å². The Kier molecular flexibility index (Phi) is 6.06. The molecule has 1 rings (SSSR count). The van der Waals surface area contributed by atoms with Crippen molar-refractivity contribution in [3.8, 4) is 0 Å². The van der Waals surface area contributed by atoms with Crippen molar-refractivity contribution in [1.29, 1.82) is 0 Å². The van der Waals surface area contributed by atoms with E-state index in [-0.39, 0.29) is 0 Å². The van der Waals surface area contributed by atoms with Gasteiger partial charge >= 0.3 is 10.2 Å². The van der Waals surface area contributed by atoms with Crippen molar-refractivity contribution >= 4 is 27.5 Å². The van der Waals surface area contributed by atoms with E-state index in [1.54, 1.807) is 19.2 Å². The molecule has 0 amide bonds. The average molecular weight is 306 g/mol. The number of nitrogens with zero attached hydrogens (tertiary/aromatic N) is 1. The van der Waals surface area contributed by atoms with Crippen LogP contribution in [-0.2, 0) is 10.2 Å². The minimum atomic E-state index is -3.56. The van der Waals surface area contributed by atoms with Crippen LogP contribution in [0.2, 0.25) is 5.02 Å². The maximum atomic E-state index is 12.1. The number of rotatable bonds is 7. The molecule has 0 spiro atoms. The van der Waals surface area contributed by atoms with Crippen LogP contribution in [0.3, 0.4) is 0 Å². The first-order valence-electron chi connectivity index (χ1n) is 6.01. The molecule has 5 nitrogen and oxygen atoms in total. The summed E-state index contributed by atoms with van der Waals surface area (Å²) >= 11 is 5.98. The van der Waals surface area contributed by atoms with Crippen LogP contribution in [0, 0.1) is 6.92 Å². The van der Waals surface area contributed by atoms with Gasteiger partial charge in [0.2, 0.25) is 0 Å². The van der Waals surface area contributed by atoms with Crippen LogP contribution in [0.4, 0.5) is 5.69 Å². The Labute approximate surface area is 120 Å². The third kappa shape index (κ3) is 4.99. The van der Waals surface area contributed by atoms with E-state index in [9.17, 15) is 8.42 Å². The van der Waals surface area contributed by atoms with E-state index in [0.717, 1.165) is 18.5 Å². The fourth-order valence-electron chi connectivity index (χ4n) is 1.53. The van der Waals surface area contributed by atoms with Gasteiger partial charge in [0.05, 0.1) is 10.7 Å². The van der Waals surface area contributed by atoms with Crippen molar-refractivity contribution in [3.63, 3.8) is 0 Å². The monoisotopic (exact) mass is 305 g/mol. The van der Waals surface area contributed by atoms with Gasteiger partial charge in [-0.15, -0.1) is 0 Å². The van der Waals surface area contributed by atoms with E-state index in [2.05, 4.69) is 10.0 Å². The largest absolute Gasteiger partial charge is 0.320 e. The Hall–Kier alpha value is -0.820. The third-order valence-electron chi connectivity index (χ3n) is 2.67. The summed E-state index contributed by atoms with van der Waals surface area (Å²) in [5.41, 5.74) is 1.35. The minimum absolute atomic E-state index is 0.387. The lowest BCUT2D eigenvalue weighted by Gasteiger charge is -2.19. The van der Waals surface area contributed by atoms with Crippen LogP contribution < -0.4 is 10.0 Å². The maximum absolute atomic E-state index is 12.1. The molecule has 1 aromatic rings. The molecule has 0 aliphatic carbocycles. The van der Waals surface area contributed by atoms with E-state index < -0.39 is 10.2 Å². The fraction of sp³-hybridized carbons (Fsp3) is 0.500. The van der Waals surface area contributed by atoms with Gasteiger partial charge in [0.1, 0.15) is 0 Å². The molecule has 1 aromatic carbocycles. The second-order valence-electron chi connectivity index (χ2n) is 4.37. The molecule has 0 aromatic heterocycles. The summed E-state index contributed by atoms with van der Waals surface area (Å²) in [5, 5.41) is 3.36. The van der Waals surface area contributed by atoms with Gasteiger partial charge in [-0.2, -0.15) is 12.7 Å². The molecule has 0 fully saturated rings. The number of benzene rings is 1. The van der Waals surface area contributed by atoms with Gasteiger partial charge in [-0.3, -0.25) is 4.72 Å². The van der Waals surface area contributed by atoms with Gasteiger partial charge in [-0.05, 0) is 44.6 Å². The van der Waals surface area contributed by atoms with Gasteiger partial charge in [0.25, 0.3) is 0 Å². The Morgan fingerprint density at radius 3 is 2.68 bits per heavy atom. The zero-order valence-electron chi connectivity index (χ0n) is 11.4. The SMILES string of the molecule is CNCCCN(C)S(=O)(=O)Nc1cc(C)ccc1Cl. The van der Waals surface area contributed by atoms with E-state index in [1.807, 2.05) is 20.0 Å². The Morgan fingerprint density at radius 2 is 2.05 bits per heavy atom. The lowest BCUT2D eigenvalue weighted by atomic mass is 10.2. The van der Waals surface area contributed by atoms with Crippen molar-refractivity contribution < 1.29 is 8.42 Å². The highest BCUT2D eigenvalue weighted by atomic mass is 35.5. The summed E-state index contributed by atoms with van der Waals surface area (Å²) in [6.45, 7) is 3.09. The first-order valence-corrected chi connectivity index (χ1v) is 7.83. The van der Waals surface area contributed by atoms with Crippen molar-refractivity contribution in [1.82, 2.24) is 9.62 Å². The lowest BCUT2D eigenvalue weighted by molar-refractivity contribution is 0.462.